The summed E-state index contributed by atoms with van der Waals surface area (Å²) < 4.78 is 12.0. The topological polar surface area (TPSA) is 71.3 Å². The van der Waals surface area contributed by atoms with Gasteiger partial charge in [0.1, 0.15) is 11.6 Å². The predicted octanol–water partition coefficient (Wildman–Crippen LogP) is 6.62. The maximum atomic E-state index is 12.5. The lowest BCUT2D eigenvalue weighted by Gasteiger charge is -2.13. The molecule has 158 valence electrons. The lowest BCUT2D eigenvalue weighted by atomic mass is 10.1. The fourth-order valence-electron chi connectivity index (χ4n) is 2.75. The number of hydrogen-bond donors (Lipinski definition) is 1. The van der Waals surface area contributed by atoms with E-state index in [2.05, 4.69) is 28.2 Å². The van der Waals surface area contributed by atoms with Gasteiger partial charge < -0.3 is 14.8 Å². The number of halogens is 2. The summed E-state index contributed by atoms with van der Waals surface area (Å²) in [6.07, 6.45) is 5.93. The number of anilines is 1. The van der Waals surface area contributed by atoms with Gasteiger partial charge in [0.15, 0.2) is 11.5 Å². The number of unbranched alkanes of at least 4 members (excludes halogenated alkanes) is 3. The number of nitrogens with one attached hydrogen (secondary N) is 1. The van der Waals surface area contributed by atoms with Crippen molar-refractivity contribution in [1.29, 1.82) is 5.26 Å². The number of amides is 1. The van der Waals surface area contributed by atoms with Crippen LogP contribution in [0.4, 0.5) is 5.69 Å². The molecular formula is C23H24BrClN2O3. The third-order valence-electron chi connectivity index (χ3n) is 4.25. The predicted molar refractivity (Wildman–Crippen MR) is 124 cm³/mol. The normalized spacial score (nSPS) is 11.0. The first-order chi connectivity index (χ1) is 14.5. The van der Waals surface area contributed by atoms with E-state index < -0.39 is 5.91 Å². The van der Waals surface area contributed by atoms with Crippen molar-refractivity contribution in [2.24, 2.45) is 0 Å². The summed E-state index contributed by atoms with van der Waals surface area (Å²) in [5, 5.41) is 12.6. The van der Waals surface area contributed by atoms with E-state index in [1.165, 1.54) is 18.9 Å². The molecule has 0 fully saturated rings. The van der Waals surface area contributed by atoms with Crippen molar-refractivity contribution in [3.05, 3.63) is 57.0 Å². The molecule has 0 aliphatic rings. The molecule has 0 atom stereocenters. The first-order valence-electron chi connectivity index (χ1n) is 9.67. The maximum Gasteiger partial charge on any atom is 0.266 e. The van der Waals surface area contributed by atoms with Crippen molar-refractivity contribution < 1.29 is 14.3 Å². The number of nitriles is 1. The zero-order valence-electron chi connectivity index (χ0n) is 17.0. The number of nitrogens with zero attached hydrogens (tertiary/aromatic N) is 1. The highest BCUT2D eigenvalue weighted by molar-refractivity contribution is 9.10. The van der Waals surface area contributed by atoms with Gasteiger partial charge in [-0.05, 0) is 64.3 Å². The van der Waals surface area contributed by atoms with Crippen LogP contribution in [0.5, 0.6) is 11.5 Å². The van der Waals surface area contributed by atoms with Crippen LogP contribution in [0, 0.1) is 11.3 Å². The van der Waals surface area contributed by atoms with Crippen molar-refractivity contribution in [3.63, 3.8) is 0 Å². The quantitative estimate of drug-likeness (QED) is 0.230. The number of benzene rings is 2. The summed E-state index contributed by atoms with van der Waals surface area (Å²) in [5.41, 5.74) is 1.10. The Labute approximate surface area is 190 Å². The van der Waals surface area contributed by atoms with E-state index >= 15 is 0 Å². The average Bonchev–Trinajstić information content (AvgIpc) is 2.72. The van der Waals surface area contributed by atoms with Crippen molar-refractivity contribution in [1.82, 2.24) is 0 Å². The monoisotopic (exact) mass is 490 g/mol. The van der Waals surface area contributed by atoms with Gasteiger partial charge in [-0.2, -0.15) is 5.26 Å². The highest BCUT2D eigenvalue weighted by Gasteiger charge is 2.14. The third-order valence-corrected chi connectivity index (χ3v) is 5.08. The summed E-state index contributed by atoms with van der Waals surface area (Å²) in [6.45, 7) is 2.76. The lowest BCUT2D eigenvalue weighted by molar-refractivity contribution is -0.112. The van der Waals surface area contributed by atoms with Crippen LogP contribution < -0.4 is 14.8 Å². The Morgan fingerprint density at radius 3 is 2.73 bits per heavy atom. The molecule has 0 heterocycles. The Morgan fingerprint density at radius 1 is 1.27 bits per heavy atom. The minimum absolute atomic E-state index is 0.0443. The highest BCUT2D eigenvalue weighted by Crippen LogP contribution is 2.37. The van der Waals surface area contributed by atoms with E-state index in [9.17, 15) is 10.1 Å². The maximum absolute atomic E-state index is 12.5. The van der Waals surface area contributed by atoms with Crippen LogP contribution in [0.15, 0.2) is 46.4 Å². The number of hydrogen-bond acceptors (Lipinski definition) is 4. The van der Waals surface area contributed by atoms with Crippen LogP contribution in [-0.4, -0.2) is 19.6 Å². The van der Waals surface area contributed by atoms with Gasteiger partial charge in [0.2, 0.25) is 0 Å². The summed E-state index contributed by atoms with van der Waals surface area (Å²) in [4.78, 5) is 12.5. The molecule has 1 amide bonds. The number of ether oxygens (including phenoxy) is 2. The van der Waals surface area contributed by atoms with Gasteiger partial charge in [-0.3, -0.25) is 4.79 Å². The lowest BCUT2D eigenvalue weighted by Crippen LogP contribution is -2.13. The molecule has 5 nitrogen and oxygen atoms in total. The molecule has 7 heteroatoms. The van der Waals surface area contributed by atoms with Gasteiger partial charge in [-0.15, -0.1) is 0 Å². The minimum atomic E-state index is -0.522. The second-order valence-electron chi connectivity index (χ2n) is 6.58. The van der Waals surface area contributed by atoms with E-state index in [1.54, 1.807) is 43.5 Å². The van der Waals surface area contributed by atoms with E-state index in [1.807, 2.05) is 6.07 Å². The van der Waals surface area contributed by atoms with Gasteiger partial charge in [-0.1, -0.05) is 43.9 Å². The second-order valence-corrected chi connectivity index (χ2v) is 7.87. The van der Waals surface area contributed by atoms with Crippen LogP contribution in [0.2, 0.25) is 5.02 Å². The van der Waals surface area contributed by atoms with Crippen molar-refractivity contribution in [2.45, 2.75) is 32.6 Å². The van der Waals surface area contributed by atoms with Crippen molar-refractivity contribution in [3.8, 4) is 17.6 Å². The summed E-state index contributed by atoms with van der Waals surface area (Å²) >= 11 is 9.44. The van der Waals surface area contributed by atoms with Crippen LogP contribution >= 0.6 is 27.5 Å². The molecule has 0 saturated carbocycles. The molecule has 0 aliphatic heterocycles. The standard InChI is InChI=1S/C23H24BrClN2O3/c1-3-4-5-6-10-30-22-20(24)12-16(13-21(22)29-2)11-17(15-26)23(28)27-19-9-7-8-18(25)14-19/h7-9,11-14H,3-6,10H2,1-2H3,(H,27,28)/b17-11-. The van der Waals surface area contributed by atoms with Crippen LogP contribution in [0.1, 0.15) is 38.2 Å². The second kappa shape index (κ2) is 12.3. The number of methoxy groups -OCH3 is 1. The average molecular weight is 492 g/mol. The molecule has 0 spiro atoms. The zero-order valence-corrected chi connectivity index (χ0v) is 19.3. The zero-order chi connectivity index (χ0) is 21.9. The molecule has 0 saturated heterocycles. The Bertz CT molecular complexity index is 954. The van der Waals surface area contributed by atoms with E-state index in [-0.39, 0.29) is 5.57 Å². The Hall–Kier alpha value is -2.49. The van der Waals surface area contributed by atoms with Gasteiger partial charge in [-0.25, -0.2) is 0 Å². The molecule has 0 bridgehead atoms. The van der Waals surface area contributed by atoms with Crippen LogP contribution in [0.3, 0.4) is 0 Å². The van der Waals surface area contributed by atoms with E-state index in [0.29, 0.717) is 38.9 Å². The molecule has 0 aliphatic carbocycles. The molecule has 0 aromatic heterocycles. The number of carbonyl (C=O) groups is 1. The van der Waals surface area contributed by atoms with E-state index in [4.69, 9.17) is 21.1 Å². The van der Waals surface area contributed by atoms with Gasteiger partial charge in [0.05, 0.1) is 18.2 Å². The summed E-state index contributed by atoms with van der Waals surface area (Å²) in [6, 6.07) is 12.2. The Morgan fingerprint density at radius 2 is 2.07 bits per heavy atom. The summed E-state index contributed by atoms with van der Waals surface area (Å²) in [5.74, 6) is 0.609. The van der Waals surface area contributed by atoms with Gasteiger partial charge in [0.25, 0.3) is 5.91 Å². The fraction of sp³-hybridized carbons (Fsp3) is 0.304. The smallest absolute Gasteiger partial charge is 0.266 e. The fourth-order valence-corrected chi connectivity index (χ4v) is 3.51. The molecular weight excluding hydrogens is 468 g/mol. The molecule has 2 aromatic rings. The first-order valence-corrected chi connectivity index (χ1v) is 10.8. The highest BCUT2D eigenvalue weighted by atomic mass is 79.9. The van der Waals surface area contributed by atoms with Crippen LogP contribution in [0.25, 0.3) is 6.08 Å². The number of carbonyl (C=O) groups excluding carboxylic acids is 1. The largest absolute Gasteiger partial charge is 0.493 e. The molecule has 0 unspecified atom stereocenters. The van der Waals surface area contributed by atoms with Crippen molar-refractivity contribution in [2.75, 3.05) is 19.0 Å². The first kappa shape index (κ1) is 23.8. The molecule has 30 heavy (non-hydrogen) atoms. The minimum Gasteiger partial charge on any atom is -0.493 e. The third kappa shape index (κ3) is 7.08. The summed E-state index contributed by atoms with van der Waals surface area (Å²) in [7, 11) is 1.55. The van der Waals surface area contributed by atoms with E-state index in [0.717, 1.165) is 12.8 Å². The Kier molecular flexibility index (Phi) is 9.72. The molecule has 2 aromatic carbocycles. The molecule has 1 N–H and O–H groups in total. The molecule has 2 rings (SSSR count). The van der Waals surface area contributed by atoms with Gasteiger partial charge in [0, 0.05) is 10.7 Å². The van der Waals surface area contributed by atoms with Gasteiger partial charge >= 0.3 is 0 Å². The number of rotatable bonds is 10. The van der Waals surface area contributed by atoms with Crippen molar-refractivity contribution >= 4 is 45.2 Å². The van der Waals surface area contributed by atoms with Crippen LogP contribution in [-0.2, 0) is 4.79 Å². The molecule has 0 radical (unpaired) electrons. The SMILES string of the molecule is CCCCCCOc1c(Br)cc(/C=C(/C#N)C(=O)Nc2cccc(Cl)c2)cc1OC. The Balaban J connectivity index is 2.18.